The molecule has 9 heteroatoms. The van der Waals surface area contributed by atoms with Crippen LogP contribution in [0.25, 0.3) is 5.69 Å². The summed E-state index contributed by atoms with van der Waals surface area (Å²) in [5, 5.41) is 5.04. The Labute approximate surface area is 178 Å². The molecule has 1 aliphatic rings. The number of nitrogens with two attached hydrogens (primary N) is 1. The molecule has 3 aromatic rings. The van der Waals surface area contributed by atoms with Crippen LogP contribution in [0.15, 0.2) is 48.5 Å². The molecule has 8 nitrogen and oxygen atoms in total. The summed E-state index contributed by atoms with van der Waals surface area (Å²) in [5.41, 5.74) is 7.56. The van der Waals surface area contributed by atoms with Crippen molar-refractivity contribution in [2.75, 3.05) is 31.1 Å². The van der Waals surface area contributed by atoms with Crippen LogP contribution in [0.3, 0.4) is 0 Å². The standard InChI is InChI=1S/C21H21ClN6O2/c1-14-24-20(25-28(14)18-8-4-16(22)5-9-18)21(30)27-12-10-26(11-13-27)17-6-2-15(3-7-17)19(23)29/h2-9H,10-13H2,1H3,(H2,23,29). The molecular weight excluding hydrogens is 404 g/mol. The molecule has 0 atom stereocenters. The minimum absolute atomic E-state index is 0.182. The van der Waals surface area contributed by atoms with Crippen LogP contribution in [0.4, 0.5) is 5.69 Å². The van der Waals surface area contributed by atoms with Gasteiger partial charge in [-0.2, -0.15) is 0 Å². The quantitative estimate of drug-likeness (QED) is 0.693. The SMILES string of the molecule is Cc1nc(C(=O)N2CCN(c3ccc(C(N)=O)cc3)CC2)nn1-c1ccc(Cl)cc1. The van der Waals surface area contributed by atoms with Crippen LogP contribution in [-0.4, -0.2) is 57.7 Å². The highest BCUT2D eigenvalue weighted by molar-refractivity contribution is 6.30. The van der Waals surface area contributed by atoms with E-state index in [1.165, 1.54) is 0 Å². The molecule has 2 heterocycles. The highest BCUT2D eigenvalue weighted by Gasteiger charge is 2.26. The summed E-state index contributed by atoms with van der Waals surface area (Å²) in [5.74, 6) is 0.183. The third-order valence-electron chi connectivity index (χ3n) is 5.12. The predicted molar refractivity (Wildman–Crippen MR) is 114 cm³/mol. The molecule has 1 fully saturated rings. The van der Waals surface area contributed by atoms with Crippen molar-refractivity contribution in [1.82, 2.24) is 19.7 Å². The maximum absolute atomic E-state index is 12.9. The lowest BCUT2D eigenvalue weighted by Crippen LogP contribution is -2.49. The number of hydrogen-bond donors (Lipinski definition) is 1. The Hall–Kier alpha value is -3.39. The first-order valence-electron chi connectivity index (χ1n) is 9.56. The van der Waals surface area contributed by atoms with Gasteiger partial charge in [-0.3, -0.25) is 9.59 Å². The number of benzene rings is 2. The van der Waals surface area contributed by atoms with Gasteiger partial charge in [0, 0.05) is 42.5 Å². The largest absolute Gasteiger partial charge is 0.368 e. The molecule has 1 aliphatic heterocycles. The first-order valence-corrected chi connectivity index (χ1v) is 9.94. The fraction of sp³-hybridized carbons (Fsp3) is 0.238. The molecule has 0 aliphatic carbocycles. The van der Waals surface area contributed by atoms with E-state index in [2.05, 4.69) is 15.0 Å². The number of piperazine rings is 1. The summed E-state index contributed by atoms with van der Waals surface area (Å²) in [6, 6.07) is 14.4. The third-order valence-corrected chi connectivity index (χ3v) is 5.37. The van der Waals surface area contributed by atoms with Gasteiger partial charge in [0.15, 0.2) is 0 Å². The van der Waals surface area contributed by atoms with Crippen molar-refractivity contribution in [3.05, 3.63) is 70.8 Å². The second kappa shape index (κ2) is 8.16. The molecule has 0 saturated carbocycles. The number of nitrogens with zero attached hydrogens (tertiary/aromatic N) is 5. The molecule has 1 aromatic heterocycles. The molecule has 0 unspecified atom stereocenters. The predicted octanol–water partition coefficient (Wildman–Crippen LogP) is 2.29. The highest BCUT2D eigenvalue weighted by Crippen LogP contribution is 2.19. The van der Waals surface area contributed by atoms with Gasteiger partial charge in [-0.1, -0.05) is 11.6 Å². The molecule has 1 saturated heterocycles. The van der Waals surface area contributed by atoms with Crippen LogP contribution in [0, 0.1) is 6.92 Å². The van der Waals surface area contributed by atoms with Crippen LogP contribution in [0.2, 0.25) is 5.02 Å². The Morgan fingerprint density at radius 3 is 2.13 bits per heavy atom. The molecule has 30 heavy (non-hydrogen) atoms. The van der Waals surface area contributed by atoms with Gasteiger partial charge in [-0.05, 0) is 55.5 Å². The van der Waals surface area contributed by atoms with Gasteiger partial charge < -0.3 is 15.5 Å². The maximum atomic E-state index is 12.9. The summed E-state index contributed by atoms with van der Waals surface area (Å²) >= 11 is 5.94. The zero-order valence-corrected chi connectivity index (χ0v) is 17.2. The fourth-order valence-electron chi connectivity index (χ4n) is 3.45. The summed E-state index contributed by atoms with van der Waals surface area (Å²) in [6.45, 7) is 4.29. The van der Waals surface area contributed by atoms with Gasteiger partial charge in [0.2, 0.25) is 11.7 Å². The van der Waals surface area contributed by atoms with E-state index in [1.54, 1.807) is 33.8 Å². The molecule has 154 valence electrons. The number of hydrogen-bond acceptors (Lipinski definition) is 5. The van der Waals surface area contributed by atoms with E-state index >= 15 is 0 Å². The summed E-state index contributed by atoms with van der Waals surface area (Å²) in [4.78, 5) is 32.4. The summed E-state index contributed by atoms with van der Waals surface area (Å²) in [6.07, 6.45) is 0. The molecule has 0 spiro atoms. The van der Waals surface area contributed by atoms with Crippen LogP contribution in [0.5, 0.6) is 0 Å². The van der Waals surface area contributed by atoms with Crippen LogP contribution in [-0.2, 0) is 0 Å². The number of aryl methyl sites for hydroxylation is 1. The topological polar surface area (TPSA) is 97.3 Å². The van der Waals surface area contributed by atoms with E-state index in [0.29, 0.717) is 42.6 Å². The minimum atomic E-state index is -0.446. The first kappa shape index (κ1) is 19.9. The van der Waals surface area contributed by atoms with Gasteiger partial charge >= 0.3 is 0 Å². The van der Waals surface area contributed by atoms with Crippen molar-refractivity contribution in [3.63, 3.8) is 0 Å². The van der Waals surface area contributed by atoms with E-state index in [4.69, 9.17) is 17.3 Å². The number of anilines is 1. The van der Waals surface area contributed by atoms with E-state index < -0.39 is 5.91 Å². The number of aromatic nitrogens is 3. The number of carbonyl (C=O) groups excluding carboxylic acids is 2. The zero-order valence-electron chi connectivity index (χ0n) is 16.5. The van der Waals surface area contributed by atoms with E-state index in [9.17, 15) is 9.59 Å². The normalized spacial score (nSPS) is 14.1. The first-order chi connectivity index (χ1) is 14.4. The molecule has 0 radical (unpaired) electrons. The third kappa shape index (κ3) is 3.99. The number of halogens is 1. The van der Waals surface area contributed by atoms with Crippen LogP contribution >= 0.6 is 11.6 Å². The second-order valence-corrected chi connectivity index (χ2v) is 7.50. The Morgan fingerprint density at radius 2 is 1.53 bits per heavy atom. The number of amides is 2. The molecule has 2 N–H and O–H groups in total. The Balaban J connectivity index is 1.42. The lowest BCUT2D eigenvalue weighted by Gasteiger charge is -2.35. The van der Waals surface area contributed by atoms with Gasteiger partial charge in [0.1, 0.15) is 5.82 Å². The van der Waals surface area contributed by atoms with Crippen molar-refractivity contribution in [2.45, 2.75) is 6.92 Å². The van der Waals surface area contributed by atoms with E-state index in [0.717, 1.165) is 11.4 Å². The highest BCUT2D eigenvalue weighted by atomic mass is 35.5. The van der Waals surface area contributed by atoms with E-state index in [1.807, 2.05) is 31.2 Å². The number of carbonyl (C=O) groups is 2. The Kier molecular flexibility index (Phi) is 5.41. The molecule has 2 amide bonds. The van der Waals surface area contributed by atoms with Crippen molar-refractivity contribution in [3.8, 4) is 5.69 Å². The van der Waals surface area contributed by atoms with Gasteiger partial charge in [-0.15, -0.1) is 5.10 Å². The fourth-order valence-corrected chi connectivity index (χ4v) is 3.58. The Morgan fingerprint density at radius 1 is 0.933 bits per heavy atom. The van der Waals surface area contributed by atoms with Crippen molar-refractivity contribution in [2.24, 2.45) is 5.73 Å². The van der Waals surface area contributed by atoms with Crippen molar-refractivity contribution < 1.29 is 9.59 Å². The maximum Gasteiger partial charge on any atom is 0.293 e. The van der Waals surface area contributed by atoms with E-state index in [-0.39, 0.29) is 11.7 Å². The lowest BCUT2D eigenvalue weighted by atomic mass is 10.1. The zero-order chi connectivity index (χ0) is 21.3. The lowest BCUT2D eigenvalue weighted by molar-refractivity contribution is 0.0734. The summed E-state index contributed by atoms with van der Waals surface area (Å²) < 4.78 is 1.64. The molecule has 2 aromatic carbocycles. The number of rotatable bonds is 4. The van der Waals surface area contributed by atoms with Crippen LogP contribution < -0.4 is 10.6 Å². The average Bonchev–Trinajstić information content (AvgIpc) is 3.15. The number of primary amides is 1. The monoisotopic (exact) mass is 424 g/mol. The van der Waals surface area contributed by atoms with Gasteiger partial charge in [-0.25, -0.2) is 9.67 Å². The smallest absolute Gasteiger partial charge is 0.293 e. The van der Waals surface area contributed by atoms with Crippen molar-refractivity contribution in [1.29, 1.82) is 0 Å². The van der Waals surface area contributed by atoms with Crippen molar-refractivity contribution >= 4 is 29.1 Å². The molecular formula is C21H21ClN6O2. The van der Waals surface area contributed by atoms with Gasteiger partial charge in [0.05, 0.1) is 5.69 Å². The minimum Gasteiger partial charge on any atom is -0.368 e. The molecule has 4 rings (SSSR count). The van der Waals surface area contributed by atoms with Crippen LogP contribution in [0.1, 0.15) is 26.8 Å². The molecule has 0 bridgehead atoms. The average molecular weight is 425 g/mol. The summed E-state index contributed by atoms with van der Waals surface area (Å²) in [7, 11) is 0. The second-order valence-electron chi connectivity index (χ2n) is 7.06. The Bertz CT molecular complexity index is 1070. The van der Waals surface area contributed by atoms with Gasteiger partial charge in [0.25, 0.3) is 5.91 Å².